The Morgan fingerprint density at radius 1 is 1.57 bits per heavy atom. The Balaban J connectivity index is 3.12. The van der Waals surface area contributed by atoms with Crippen molar-refractivity contribution >= 4 is 56.5 Å². The van der Waals surface area contributed by atoms with E-state index in [0.717, 1.165) is 0 Å². The Labute approximate surface area is 73.6 Å². The van der Waals surface area contributed by atoms with E-state index in [1.165, 1.54) is 7.14 Å². The summed E-state index contributed by atoms with van der Waals surface area (Å²) in [6.07, 6.45) is 0. The maximum absolute atomic E-state index is 3.09. The molecule has 37 valence electrons. The first-order valence-electron chi connectivity index (χ1n) is 1.61. The first-order valence-corrected chi connectivity index (χ1v) is 4.64. The molecular weight excluding hydrogens is 334 g/mol. The maximum Gasteiger partial charge on any atom is 0.0598 e. The molecule has 0 aliphatic heterocycles. The minimum Gasteiger partial charge on any atom is -0.141 e. The second-order valence-electron chi connectivity index (χ2n) is 1.000. The molecule has 1 radical (unpaired) electrons. The fourth-order valence-corrected chi connectivity index (χ4v) is 2.17. The molecule has 0 fully saturated rings. The largest absolute Gasteiger partial charge is 0.141 e. The summed E-state index contributed by atoms with van der Waals surface area (Å²) >= 11 is 6.18. The van der Waals surface area contributed by atoms with Gasteiger partial charge in [-0.3, -0.25) is 0 Å². The molecule has 0 aliphatic carbocycles. The lowest BCUT2D eigenvalue weighted by Gasteiger charge is -1.74. The van der Waals surface area contributed by atoms with E-state index in [9.17, 15) is 0 Å². The Morgan fingerprint density at radius 2 is 2.29 bits per heavy atom. The van der Waals surface area contributed by atoms with Crippen molar-refractivity contribution in [3.8, 4) is 0 Å². The normalized spacial score (nSPS) is 9.43. The van der Waals surface area contributed by atoms with Crippen molar-refractivity contribution in [2.45, 2.75) is 0 Å². The van der Waals surface area contributed by atoms with Crippen LogP contribution in [-0.2, 0) is 0 Å². The third-order valence-corrected chi connectivity index (χ3v) is 4.72. The third kappa shape index (κ3) is 1.53. The molecule has 0 saturated heterocycles. The van der Waals surface area contributed by atoms with Gasteiger partial charge in [-0.2, -0.15) is 0 Å². The number of halogens is 2. The highest BCUT2D eigenvalue weighted by Gasteiger charge is 1.92. The number of hydrogen-bond donors (Lipinski definition) is 0. The van der Waals surface area contributed by atoms with Gasteiger partial charge >= 0.3 is 0 Å². The van der Waals surface area contributed by atoms with Crippen LogP contribution in [0.2, 0.25) is 0 Å². The van der Waals surface area contributed by atoms with Crippen LogP contribution in [0.4, 0.5) is 0 Å². The van der Waals surface area contributed by atoms with Crippen molar-refractivity contribution in [2.24, 2.45) is 0 Å². The minimum atomic E-state index is 1.24. The summed E-state index contributed by atoms with van der Waals surface area (Å²) in [5, 5.41) is 5.17. The molecule has 0 unspecified atom stereocenters. The van der Waals surface area contributed by atoms with Crippen molar-refractivity contribution in [3.63, 3.8) is 0 Å². The van der Waals surface area contributed by atoms with E-state index in [-0.39, 0.29) is 0 Å². The summed E-state index contributed by atoms with van der Waals surface area (Å²) in [7, 11) is 0. The second-order valence-corrected chi connectivity index (χ2v) is 3.92. The molecule has 3 heteroatoms. The first kappa shape index (κ1) is 6.28. The van der Waals surface area contributed by atoms with E-state index in [1.54, 1.807) is 11.3 Å². The lowest BCUT2D eigenvalue weighted by Crippen LogP contribution is -1.60. The highest BCUT2D eigenvalue weighted by atomic mass is 127. The molecule has 0 N–H and O–H groups in total. The van der Waals surface area contributed by atoms with Gasteiger partial charge in [0.1, 0.15) is 0 Å². The summed E-state index contributed by atoms with van der Waals surface area (Å²) < 4.78 is 2.55. The molecular formula is C4HI2S. The highest BCUT2D eigenvalue weighted by molar-refractivity contribution is 14.1. The highest BCUT2D eigenvalue weighted by Crippen LogP contribution is 2.17. The SMILES string of the molecule is Ic1[c]scc1I. The zero-order valence-corrected chi connectivity index (χ0v) is 8.37. The second kappa shape index (κ2) is 2.63. The summed E-state index contributed by atoms with van der Waals surface area (Å²) in [6, 6.07) is 0. The predicted octanol–water partition coefficient (Wildman–Crippen LogP) is 2.76. The Morgan fingerprint density at radius 3 is 2.43 bits per heavy atom. The van der Waals surface area contributed by atoms with Crippen LogP contribution in [0.3, 0.4) is 0 Å². The standard InChI is InChI=1S/C4HI2S/c5-3-1-7-2-4(3)6/h1H. The maximum atomic E-state index is 3.09. The molecule has 1 aromatic heterocycles. The van der Waals surface area contributed by atoms with Crippen LogP contribution in [0.5, 0.6) is 0 Å². The van der Waals surface area contributed by atoms with Crippen LogP contribution in [0.1, 0.15) is 0 Å². The van der Waals surface area contributed by atoms with Crippen molar-refractivity contribution < 1.29 is 0 Å². The van der Waals surface area contributed by atoms with Crippen molar-refractivity contribution in [1.82, 2.24) is 0 Å². The molecule has 0 saturated carbocycles. The Kier molecular flexibility index (Phi) is 2.36. The predicted molar refractivity (Wildman–Crippen MR) is 48.6 cm³/mol. The third-order valence-electron chi connectivity index (χ3n) is 0.521. The number of thiophene rings is 1. The van der Waals surface area contributed by atoms with Crippen LogP contribution in [0.15, 0.2) is 5.38 Å². The van der Waals surface area contributed by atoms with E-state index in [2.05, 4.69) is 55.9 Å². The molecule has 0 atom stereocenters. The molecule has 1 heterocycles. The zero-order valence-electron chi connectivity index (χ0n) is 3.24. The van der Waals surface area contributed by atoms with E-state index in [0.29, 0.717) is 0 Å². The van der Waals surface area contributed by atoms with Crippen LogP contribution < -0.4 is 0 Å². The molecule has 1 rings (SSSR count). The van der Waals surface area contributed by atoms with E-state index >= 15 is 0 Å². The van der Waals surface area contributed by atoms with Gasteiger partial charge in [-0.05, 0) is 45.2 Å². The molecule has 0 aliphatic rings. The van der Waals surface area contributed by atoms with Gasteiger partial charge < -0.3 is 0 Å². The van der Waals surface area contributed by atoms with Gasteiger partial charge in [0.2, 0.25) is 0 Å². The van der Waals surface area contributed by atoms with Gasteiger partial charge in [-0.25, -0.2) is 0 Å². The van der Waals surface area contributed by atoms with Gasteiger partial charge in [-0.15, -0.1) is 11.3 Å². The lowest BCUT2D eigenvalue weighted by molar-refractivity contribution is 1.77. The molecule has 1 aromatic rings. The smallest absolute Gasteiger partial charge is 0.0598 e. The zero-order chi connectivity index (χ0) is 5.28. The van der Waals surface area contributed by atoms with Crippen LogP contribution in [-0.4, -0.2) is 0 Å². The summed E-state index contributed by atoms with van der Waals surface area (Å²) in [5.41, 5.74) is 0. The van der Waals surface area contributed by atoms with Crippen molar-refractivity contribution in [1.29, 1.82) is 0 Å². The van der Waals surface area contributed by atoms with Gasteiger partial charge in [0.25, 0.3) is 0 Å². The van der Waals surface area contributed by atoms with Crippen LogP contribution in [0.25, 0.3) is 0 Å². The lowest BCUT2D eigenvalue weighted by atomic mass is 10.7. The van der Waals surface area contributed by atoms with Gasteiger partial charge in [0.15, 0.2) is 0 Å². The molecule has 7 heavy (non-hydrogen) atoms. The molecule has 0 bridgehead atoms. The minimum absolute atomic E-state index is 1.24. The van der Waals surface area contributed by atoms with Crippen molar-refractivity contribution in [2.75, 3.05) is 0 Å². The quantitative estimate of drug-likeness (QED) is 0.640. The molecule has 0 spiro atoms. The average Bonchev–Trinajstić information content (AvgIpc) is 1.91. The summed E-state index contributed by atoms with van der Waals surface area (Å²) in [6.45, 7) is 0. The van der Waals surface area contributed by atoms with Gasteiger partial charge in [-0.1, -0.05) is 0 Å². The Hall–Kier alpha value is 1.16. The van der Waals surface area contributed by atoms with Gasteiger partial charge in [0.05, 0.1) is 5.38 Å². The average molecular weight is 335 g/mol. The van der Waals surface area contributed by atoms with Crippen LogP contribution in [0, 0.1) is 12.5 Å². The fraction of sp³-hybridized carbons (Fsp3) is 0. The fourth-order valence-electron chi connectivity index (χ4n) is 0.233. The van der Waals surface area contributed by atoms with E-state index in [1.807, 2.05) is 0 Å². The van der Waals surface area contributed by atoms with Crippen molar-refractivity contribution in [3.05, 3.63) is 17.9 Å². The topological polar surface area (TPSA) is 0 Å². The Bertz CT molecular complexity index is 142. The number of hydrogen-bond acceptors (Lipinski definition) is 1. The monoisotopic (exact) mass is 335 g/mol. The number of rotatable bonds is 0. The van der Waals surface area contributed by atoms with E-state index < -0.39 is 0 Å². The van der Waals surface area contributed by atoms with Gasteiger partial charge in [0, 0.05) is 12.5 Å². The molecule has 0 nitrogen and oxygen atoms in total. The first-order chi connectivity index (χ1) is 3.30. The summed E-state index contributed by atoms with van der Waals surface area (Å²) in [5.74, 6) is 0. The van der Waals surface area contributed by atoms with Crippen LogP contribution >= 0.6 is 56.5 Å². The summed E-state index contributed by atoms with van der Waals surface area (Å²) in [4.78, 5) is 0. The molecule has 0 amide bonds. The van der Waals surface area contributed by atoms with E-state index in [4.69, 9.17) is 0 Å². The molecule has 0 aromatic carbocycles.